The normalized spacial score (nSPS) is 17.0. The molecule has 1 N–H and O–H groups in total. The van der Waals surface area contributed by atoms with Crippen molar-refractivity contribution in [2.45, 2.75) is 36.4 Å². The van der Waals surface area contributed by atoms with Crippen molar-refractivity contribution in [1.82, 2.24) is 20.1 Å². The molecular formula is C22H22Cl2N4O3S. The van der Waals surface area contributed by atoms with Gasteiger partial charge in [-0.25, -0.2) is 0 Å². The summed E-state index contributed by atoms with van der Waals surface area (Å²) in [4.78, 5) is 12.8. The summed E-state index contributed by atoms with van der Waals surface area (Å²) in [7, 11) is 1.85. The average Bonchev–Trinajstić information content (AvgIpc) is 3.13. The number of rotatable bonds is 6. The Morgan fingerprint density at radius 2 is 1.94 bits per heavy atom. The zero-order valence-corrected chi connectivity index (χ0v) is 20.0. The molecule has 32 heavy (non-hydrogen) atoms. The number of amides is 1. The number of benzene rings is 2. The molecule has 0 spiro atoms. The molecule has 1 aliphatic rings. The number of nitrogens with one attached hydrogen (secondary N) is 1. The number of carbonyl (C=O) groups is 1. The first-order valence-corrected chi connectivity index (χ1v) is 11.7. The van der Waals surface area contributed by atoms with E-state index in [1.54, 1.807) is 12.1 Å². The van der Waals surface area contributed by atoms with Crippen LogP contribution >= 0.6 is 35.0 Å². The third-order valence-corrected chi connectivity index (χ3v) is 6.80. The topological polar surface area (TPSA) is 78.3 Å². The van der Waals surface area contributed by atoms with Crippen molar-refractivity contribution < 1.29 is 14.3 Å². The van der Waals surface area contributed by atoms with Crippen molar-refractivity contribution in [3.05, 3.63) is 63.9 Å². The molecule has 0 radical (unpaired) electrons. The molecule has 1 amide bonds. The first-order chi connectivity index (χ1) is 15.3. The molecule has 4 rings (SSSR count). The van der Waals surface area contributed by atoms with E-state index in [9.17, 15) is 4.79 Å². The molecule has 0 aliphatic carbocycles. The molecule has 3 atom stereocenters. The van der Waals surface area contributed by atoms with Gasteiger partial charge in [0.25, 0.3) is 0 Å². The monoisotopic (exact) mass is 492 g/mol. The minimum absolute atomic E-state index is 0.135. The minimum Gasteiger partial charge on any atom is -0.485 e. The van der Waals surface area contributed by atoms with E-state index in [0.717, 1.165) is 5.56 Å². The lowest BCUT2D eigenvalue weighted by Crippen LogP contribution is -2.33. The van der Waals surface area contributed by atoms with Crippen molar-refractivity contribution >= 4 is 40.9 Å². The van der Waals surface area contributed by atoms with Crippen LogP contribution in [0.4, 0.5) is 0 Å². The highest BCUT2D eigenvalue weighted by Crippen LogP contribution is 2.36. The number of hydrogen-bond donors (Lipinski definition) is 1. The second-order valence-electron chi connectivity index (χ2n) is 7.42. The van der Waals surface area contributed by atoms with E-state index in [2.05, 4.69) is 15.5 Å². The van der Waals surface area contributed by atoms with E-state index in [4.69, 9.17) is 32.7 Å². The summed E-state index contributed by atoms with van der Waals surface area (Å²) < 4.78 is 13.6. The summed E-state index contributed by atoms with van der Waals surface area (Å²) in [5.41, 5.74) is 0.803. The van der Waals surface area contributed by atoms with Gasteiger partial charge >= 0.3 is 0 Å². The fourth-order valence-electron chi connectivity index (χ4n) is 3.33. The Bertz CT molecular complexity index is 1140. The van der Waals surface area contributed by atoms with Crippen LogP contribution in [0.5, 0.6) is 11.5 Å². The maximum atomic E-state index is 12.8. The van der Waals surface area contributed by atoms with E-state index < -0.39 is 5.25 Å². The Labute approximate surface area is 200 Å². The van der Waals surface area contributed by atoms with Crippen LogP contribution in [0.25, 0.3) is 0 Å². The Balaban J connectivity index is 1.40. The highest BCUT2D eigenvalue weighted by molar-refractivity contribution is 8.00. The largest absolute Gasteiger partial charge is 0.485 e. The van der Waals surface area contributed by atoms with E-state index in [1.807, 2.05) is 55.8 Å². The van der Waals surface area contributed by atoms with E-state index >= 15 is 0 Å². The van der Waals surface area contributed by atoms with Crippen LogP contribution in [0.3, 0.4) is 0 Å². The molecule has 1 aromatic heterocycles. The second-order valence-corrected chi connectivity index (χ2v) is 9.57. The zero-order valence-electron chi connectivity index (χ0n) is 17.7. The highest BCUT2D eigenvalue weighted by atomic mass is 35.5. The van der Waals surface area contributed by atoms with Gasteiger partial charge < -0.3 is 19.4 Å². The molecule has 0 fully saturated rings. The van der Waals surface area contributed by atoms with Gasteiger partial charge in [-0.2, -0.15) is 0 Å². The van der Waals surface area contributed by atoms with E-state index in [0.29, 0.717) is 39.1 Å². The van der Waals surface area contributed by atoms with Gasteiger partial charge in [-0.1, -0.05) is 53.2 Å². The van der Waals surface area contributed by atoms with Crippen molar-refractivity contribution in [2.75, 3.05) is 6.61 Å². The van der Waals surface area contributed by atoms with Crippen LogP contribution in [0.15, 0.2) is 47.6 Å². The number of halogens is 2. The summed E-state index contributed by atoms with van der Waals surface area (Å²) in [6.07, 6.45) is -0.382. The van der Waals surface area contributed by atoms with Crippen molar-refractivity contribution in [3.63, 3.8) is 0 Å². The zero-order chi connectivity index (χ0) is 22.8. The van der Waals surface area contributed by atoms with Crippen molar-refractivity contribution in [3.8, 4) is 11.5 Å². The van der Waals surface area contributed by atoms with Crippen molar-refractivity contribution in [1.29, 1.82) is 0 Å². The maximum absolute atomic E-state index is 12.8. The Hall–Kier alpha value is -2.42. The Kier molecular flexibility index (Phi) is 6.83. The molecule has 0 saturated carbocycles. The van der Waals surface area contributed by atoms with Crippen LogP contribution < -0.4 is 14.8 Å². The number of nitrogens with zero attached hydrogens (tertiary/aromatic N) is 3. The molecule has 2 aromatic carbocycles. The van der Waals surface area contributed by atoms with Gasteiger partial charge in [-0.3, -0.25) is 4.79 Å². The Morgan fingerprint density at radius 1 is 1.19 bits per heavy atom. The molecule has 10 heteroatoms. The molecule has 0 unspecified atom stereocenters. The van der Waals surface area contributed by atoms with Crippen molar-refractivity contribution in [2.24, 2.45) is 7.05 Å². The number of ether oxygens (including phenoxy) is 2. The third kappa shape index (κ3) is 4.82. The third-order valence-electron chi connectivity index (χ3n) is 5.10. The van der Waals surface area contributed by atoms with E-state index in [-0.39, 0.29) is 18.1 Å². The molecular weight excluding hydrogens is 471 g/mol. The van der Waals surface area contributed by atoms with Crippen LogP contribution in [0.1, 0.15) is 37.4 Å². The predicted octanol–water partition coefficient (Wildman–Crippen LogP) is 4.99. The van der Waals surface area contributed by atoms with Crippen LogP contribution in [0.2, 0.25) is 10.0 Å². The van der Waals surface area contributed by atoms with Gasteiger partial charge in [-0.05, 0) is 43.7 Å². The van der Waals surface area contributed by atoms with Gasteiger partial charge in [-0.15, -0.1) is 10.2 Å². The van der Waals surface area contributed by atoms with Gasteiger partial charge in [0.05, 0.1) is 11.3 Å². The number of para-hydroxylation sites is 2. The van der Waals surface area contributed by atoms with Gasteiger partial charge in [0.2, 0.25) is 5.91 Å². The molecule has 1 aliphatic heterocycles. The standard InChI is InChI=1S/C22H22Cl2N4O3S/c1-12(15-9-8-14(23)10-16(15)24)25-21(29)13(2)32-22-27-26-20(28(22)3)19-11-30-17-6-4-5-7-18(17)31-19/h4-10,12-13,19H,11H2,1-3H3,(H,25,29)/t12-,13+,19-/m1/s1. The molecule has 168 valence electrons. The lowest BCUT2D eigenvalue weighted by Gasteiger charge is -2.25. The molecule has 0 saturated heterocycles. The van der Waals surface area contributed by atoms with Gasteiger partial charge in [0.15, 0.2) is 28.6 Å². The molecule has 2 heterocycles. The fourth-order valence-corrected chi connectivity index (χ4v) is 4.73. The fraction of sp³-hybridized carbons (Fsp3) is 0.318. The van der Waals surface area contributed by atoms with Gasteiger partial charge in [0, 0.05) is 17.1 Å². The van der Waals surface area contributed by atoms with E-state index in [1.165, 1.54) is 11.8 Å². The summed E-state index contributed by atoms with van der Waals surface area (Å²) >= 11 is 13.5. The number of thioether (sulfide) groups is 1. The van der Waals surface area contributed by atoms with Gasteiger partial charge in [0.1, 0.15) is 6.61 Å². The van der Waals surface area contributed by atoms with Crippen LogP contribution in [-0.2, 0) is 11.8 Å². The summed E-state index contributed by atoms with van der Waals surface area (Å²) in [6, 6.07) is 12.5. The van der Waals surface area contributed by atoms with Crippen LogP contribution in [0, 0.1) is 0 Å². The number of fused-ring (bicyclic) bond motifs is 1. The first-order valence-electron chi connectivity index (χ1n) is 10.0. The molecule has 7 nitrogen and oxygen atoms in total. The SMILES string of the molecule is C[C@H](Sc1nnc([C@H]2COc3ccccc3O2)n1C)C(=O)N[C@H](C)c1ccc(Cl)cc1Cl. The molecule has 0 bridgehead atoms. The maximum Gasteiger partial charge on any atom is 0.233 e. The second kappa shape index (κ2) is 9.60. The van der Waals surface area contributed by atoms with Crippen LogP contribution in [-0.4, -0.2) is 32.5 Å². The first kappa shape index (κ1) is 22.8. The number of carbonyl (C=O) groups excluding carboxylic acids is 1. The lowest BCUT2D eigenvalue weighted by atomic mass is 10.1. The lowest BCUT2D eigenvalue weighted by molar-refractivity contribution is -0.120. The molecule has 3 aromatic rings. The quantitative estimate of drug-likeness (QED) is 0.488. The predicted molar refractivity (Wildman–Crippen MR) is 125 cm³/mol. The Morgan fingerprint density at radius 3 is 2.69 bits per heavy atom. The highest BCUT2D eigenvalue weighted by Gasteiger charge is 2.28. The summed E-state index contributed by atoms with van der Waals surface area (Å²) in [5.74, 6) is 1.88. The smallest absolute Gasteiger partial charge is 0.233 e. The number of hydrogen-bond acceptors (Lipinski definition) is 6. The average molecular weight is 493 g/mol. The summed E-state index contributed by atoms with van der Waals surface area (Å²) in [6.45, 7) is 4.03. The number of aromatic nitrogens is 3. The minimum atomic E-state index is -0.400. The summed E-state index contributed by atoms with van der Waals surface area (Å²) in [5, 5.41) is 12.8.